The van der Waals surface area contributed by atoms with Crippen molar-refractivity contribution in [3.63, 3.8) is 0 Å². The van der Waals surface area contributed by atoms with Crippen molar-refractivity contribution in [1.29, 1.82) is 0 Å². The second kappa shape index (κ2) is 8.26. The maximum Gasteiger partial charge on any atom is 0.321 e. The monoisotopic (exact) mass is 441 g/mol. The summed E-state index contributed by atoms with van der Waals surface area (Å²) < 4.78 is 32.5. The van der Waals surface area contributed by atoms with Crippen molar-refractivity contribution in [2.75, 3.05) is 19.7 Å². The lowest BCUT2D eigenvalue weighted by Crippen LogP contribution is -2.37. The number of ether oxygens (including phenoxy) is 1. The fourth-order valence-electron chi connectivity index (χ4n) is 1.71. The van der Waals surface area contributed by atoms with Crippen molar-refractivity contribution in [2.24, 2.45) is 0 Å². The molecule has 0 unspecified atom stereocenters. The van der Waals surface area contributed by atoms with Crippen molar-refractivity contribution in [3.05, 3.63) is 27.1 Å². The smallest absolute Gasteiger partial charge is 0.321 e. The molecule has 1 rings (SSSR count). The fourth-order valence-corrected chi connectivity index (χ4v) is 4.89. The standard InChI is InChI=1S/C13H17Br2NO4S/c1-3-7-16(9-13(17)20-4-2)21(18,19)12-6-5-10(14)8-11(12)15/h5-6,8H,3-4,7,9H2,1-2H3. The fraction of sp³-hybridized carbons (Fsp3) is 0.462. The number of halogens is 2. The zero-order chi connectivity index (χ0) is 16.0. The summed E-state index contributed by atoms with van der Waals surface area (Å²) in [5.74, 6) is -0.553. The number of rotatable bonds is 7. The highest BCUT2D eigenvalue weighted by Crippen LogP contribution is 2.28. The Morgan fingerprint density at radius 3 is 2.48 bits per heavy atom. The number of hydrogen-bond donors (Lipinski definition) is 0. The molecule has 0 radical (unpaired) electrons. The lowest BCUT2D eigenvalue weighted by atomic mass is 10.4. The third-order valence-electron chi connectivity index (χ3n) is 2.60. The number of carbonyl (C=O) groups excluding carboxylic acids is 1. The van der Waals surface area contributed by atoms with Crippen LogP contribution in [0.25, 0.3) is 0 Å². The Labute approximate surface area is 142 Å². The first-order valence-corrected chi connectivity index (χ1v) is 9.46. The summed E-state index contributed by atoms with van der Waals surface area (Å²) in [5, 5.41) is 0. The molecule has 0 heterocycles. The third-order valence-corrected chi connectivity index (χ3v) is 5.91. The van der Waals surface area contributed by atoms with E-state index in [4.69, 9.17) is 4.74 Å². The summed E-state index contributed by atoms with van der Waals surface area (Å²) in [6.07, 6.45) is 0.604. The maximum atomic E-state index is 12.7. The molecule has 21 heavy (non-hydrogen) atoms. The SMILES string of the molecule is CCCN(CC(=O)OCC)S(=O)(=O)c1ccc(Br)cc1Br. The minimum Gasteiger partial charge on any atom is -0.465 e. The molecule has 0 amide bonds. The van der Waals surface area contributed by atoms with Gasteiger partial charge >= 0.3 is 5.97 Å². The molecular formula is C13H17Br2NO4S. The molecule has 0 aliphatic rings. The molecule has 0 atom stereocenters. The molecule has 0 aliphatic carbocycles. The molecule has 0 spiro atoms. The Morgan fingerprint density at radius 2 is 1.95 bits per heavy atom. The van der Waals surface area contributed by atoms with Crippen LogP contribution in [-0.2, 0) is 19.6 Å². The Balaban J connectivity index is 3.12. The molecule has 1 aromatic rings. The molecule has 1 aromatic carbocycles. The Bertz CT molecular complexity index is 604. The van der Waals surface area contributed by atoms with Gasteiger partial charge in [0.25, 0.3) is 0 Å². The average Bonchev–Trinajstić information content (AvgIpc) is 2.38. The van der Waals surface area contributed by atoms with E-state index in [0.717, 1.165) is 8.78 Å². The zero-order valence-electron chi connectivity index (χ0n) is 11.8. The Morgan fingerprint density at radius 1 is 1.29 bits per heavy atom. The van der Waals surface area contributed by atoms with Crippen molar-refractivity contribution < 1.29 is 17.9 Å². The molecule has 5 nitrogen and oxygen atoms in total. The molecule has 8 heteroatoms. The van der Waals surface area contributed by atoms with Crippen molar-refractivity contribution >= 4 is 47.9 Å². The summed E-state index contributed by atoms with van der Waals surface area (Å²) in [6, 6.07) is 4.80. The summed E-state index contributed by atoms with van der Waals surface area (Å²) >= 11 is 6.53. The summed E-state index contributed by atoms with van der Waals surface area (Å²) in [4.78, 5) is 11.7. The van der Waals surface area contributed by atoms with Gasteiger partial charge in [-0.1, -0.05) is 22.9 Å². The van der Waals surface area contributed by atoms with Gasteiger partial charge in [0.1, 0.15) is 6.54 Å². The molecule has 0 aliphatic heterocycles. The van der Waals surface area contributed by atoms with E-state index in [9.17, 15) is 13.2 Å². The van der Waals surface area contributed by atoms with Crippen molar-refractivity contribution in [2.45, 2.75) is 25.2 Å². The van der Waals surface area contributed by atoms with Gasteiger partial charge in [-0.05, 0) is 47.5 Å². The van der Waals surface area contributed by atoms with E-state index in [1.54, 1.807) is 19.1 Å². The largest absolute Gasteiger partial charge is 0.465 e. The van der Waals surface area contributed by atoms with Crippen LogP contribution < -0.4 is 0 Å². The van der Waals surface area contributed by atoms with Crippen LogP contribution in [0.4, 0.5) is 0 Å². The number of benzene rings is 1. The molecular weight excluding hydrogens is 426 g/mol. The Hall–Kier alpha value is -0.440. The van der Waals surface area contributed by atoms with Crippen LogP contribution >= 0.6 is 31.9 Å². The molecule has 0 fully saturated rings. The molecule has 0 aromatic heterocycles. The highest BCUT2D eigenvalue weighted by atomic mass is 79.9. The molecule has 118 valence electrons. The van der Waals surface area contributed by atoms with Gasteiger partial charge < -0.3 is 4.74 Å². The normalized spacial score (nSPS) is 11.7. The lowest BCUT2D eigenvalue weighted by Gasteiger charge is -2.21. The second-order valence-corrected chi connectivity index (χ2v) is 7.89. The van der Waals surface area contributed by atoms with Crippen LogP contribution in [-0.4, -0.2) is 38.4 Å². The number of sulfonamides is 1. The van der Waals surface area contributed by atoms with Gasteiger partial charge in [-0.3, -0.25) is 4.79 Å². The van der Waals surface area contributed by atoms with Gasteiger partial charge in [0.05, 0.1) is 11.5 Å². The third kappa shape index (κ3) is 5.05. The van der Waals surface area contributed by atoms with E-state index in [-0.39, 0.29) is 24.6 Å². The highest BCUT2D eigenvalue weighted by molar-refractivity contribution is 9.11. The van der Waals surface area contributed by atoms with Crippen LogP contribution in [0, 0.1) is 0 Å². The van der Waals surface area contributed by atoms with Gasteiger partial charge in [-0.2, -0.15) is 4.31 Å². The second-order valence-electron chi connectivity index (χ2n) is 4.22. The zero-order valence-corrected chi connectivity index (χ0v) is 15.8. The van der Waals surface area contributed by atoms with Gasteiger partial charge in [0.15, 0.2) is 0 Å². The van der Waals surface area contributed by atoms with E-state index in [2.05, 4.69) is 31.9 Å². The van der Waals surface area contributed by atoms with Gasteiger partial charge in [0, 0.05) is 15.5 Å². The minimum atomic E-state index is -3.76. The van der Waals surface area contributed by atoms with E-state index in [0.29, 0.717) is 10.9 Å². The predicted octanol–water partition coefficient (Wildman–Crippen LogP) is 3.18. The van der Waals surface area contributed by atoms with Crippen LogP contribution in [0.15, 0.2) is 32.0 Å². The highest BCUT2D eigenvalue weighted by Gasteiger charge is 2.28. The number of hydrogen-bond acceptors (Lipinski definition) is 4. The van der Waals surface area contributed by atoms with Gasteiger partial charge in [0.2, 0.25) is 10.0 Å². The average molecular weight is 443 g/mol. The Kier molecular flexibility index (Phi) is 7.32. The van der Waals surface area contributed by atoms with Crippen LogP contribution in [0.2, 0.25) is 0 Å². The van der Waals surface area contributed by atoms with E-state index < -0.39 is 16.0 Å². The molecule has 0 N–H and O–H groups in total. The lowest BCUT2D eigenvalue weighted by molar-refractivity contribution is -0.143. The summed E-state index contributed by atoms with van der Waals surface area (Å²) in [6.45, 7) is 3.73. The molecule has 0 bridgehead atoms. The van der Waals surface area contributed by atoms with E-state index in [1.807, 2.05) is 6.92 Å². The van der Waals surface area contributed by atoms with Gasteiger partial charge in [-0.25, -0.2) is 8.42 Å². The van der Waals surface area contributed by atoms with Crippen LogP contribution in [0.3, 0.4) is 0 Å². The van der Waals surface area contributed by atoms with E-state index in [1.165, 1.54) is 6.07 Å². The van der Waals surface area contributed by atoms with Crippen molar-refractivity contribution in [3.8, 4) is 0 Å². The summed E-state index contributed by atoms with van der Waals surface area (Å²) in [7, 11) is -3.76. The first kappa shape index (κ1) is 18.6. The summed E-state index contributed by atoms with van der Waals surface area (Å²) in [5.41, 5.74) is 0. The van der Waals surface area contributed by atoms with Crippen molar-refractivity contribution in [1.82, 2.24) is 4.31 Å². The first-order chi connectivity index (χ1) is 9.82. The quantitative estimate of drug-likeness (QED) is 0.608. The number of nitrogens with zero attached hydrogens (tertiary/aromatic N) is 1. The molecule has 0 saturated carbocycles. The number of esters is 1. The maximum absolute atomic E-state index is 12.7. The first-order valence-electron chi connectivity index (χ1n) is 6.43. The van der Waals surface area contributed by atoms with E-state index >= 15 is 0 Å². The molecule has 0 saturated heterocycles. The predicted molar refractivity (Wildman–Crippen MR) is 87.5 cm³/mol. The van der Waals surface area contributed by atoms with Crippen LogP contribution in [0.1, 0.15) is 20.3 Å². The number of carbonyl (C=O) groups is 1. The minimum absolute atomic E-state index is 0.128. The topological polar surface area (TPSA) is 63.7 Å². The van der Waals surface area contributed by atoms with Crippen LogP contribution in [0.5, 0.6) is 0 Å². The van der Waals surface area contributed by atoms with Gasteiger partial charge in [-0.15, -0.1) is 0 Å².